The SMILES string of the molecule is CCCCCNC(=O)[C@H](Cc1ccc(O)c(C(C)=O)c1)NC(=O)OC(C)(C)C. The van der Waals surface area contributed by atoms with Crippen LogP contribution in [0, 0.1) is 0 Å². The maximum Gasteiger partial charge on any atom is 0.408 e. The fourth-order valence-electron chi connectivity index (χ4n) is 2.60. The van der Waals surface area contributed by atoms with Crippen LogP contribution < -0.4 is 10.6 Å². The molecule has 0 heterocycles. The Kier molecular flexibility index (Phi) is 8.96. The minimum atomic E-state index is -0.860. The standard InChI is InChI=1S/C21H32N2O5/c1-6-7-8-11-22-19(26)17(23-20(27)28-21(3,4)5)13-15-9-10-18(25)16(12-15)14(2)24/h9-10,12,17,25H,6-8,11,13H2,1-5H3,(H,22,26)(H,23,27)/t17-/m0/s1. The number of ether oxygens (including phenoxy) is 1. The van der Waals surface area contributed by atoms with E-state index < -0.39 is 17.7 Å². The lowest BCUT2D eigenvalue weighted by molar-refractivity contribution is -0.123. The molecule has 0 aliphatic rings. The van der Waals surface area contributed by atoms with Gasteiger partial charge in [-0.15, -0.1) is 0 Å². The van der Waals surface area contributed by atoms with Gasteiger partial charge >= 0.3 is 6.09 Å². The number of unbranched alkanes of at least 4 members (excludes halogenated alkanes) is 2. The van der Waals surface area contributed by atoms with Crippen molar-refractivity contribution in [3.8, 4) is 5.75 Å². The molecule has 0 spiro atoms. The Morgan fingerprint density at radius 2 is 1.86 bits per heavy atom. The summed E-state index contributed by atoms with van der Waals surface area (Å²) in [5, 5.41) is 15.2. The molecular formula is C21H32N2O5. The predicted octanol–water partition coefficient (Wildman–Crippen LogP) is 3.34. The van der Waals surface area contributed by atoms with E-state index in [0.717, 1.165) is 19.3 Å². The van der Waals surface area contributed by atoms with Crippen LogP contribution in [0.4, 0.5) is 4.79 Å². The number of carbonyl (C=O) groups excluding carboxylic acids is 3. The number of nitrogens with one attached hydrogen (secondary N) is 2. The molecule has 0 aliphatic heterocycles. The van der Waals surface area contributed by atoms with Crippen LogP contribution in [0.25, 0.3) is 0 Å². The van der Waals surface area contributed by atoms with Gasteiger partial charge in [-0.05, 0) is 51.8 Å². The van der Waals surface area contributed by atoms with Crippen LogP contribution in [0.15, 0.2) is 18.2 Å². The van der Waals surface area contributed by atoms with Crippen molar-refractivity contribution in [1.82, 2.24) is 10.6 Å². The number of rotatable bonds is 9. The maximum atomic E-state index is 12.6. The van der Waals surface area contributed by atoms with Crippen LogP contribution in [-0.2, 0) is 16.0 Å². The van der Waals surface area contributed by atoms with E-state index in [1.54, 1.807) is 26.8 Å². The lowest BCUT2D eigenvalue weighted by Gasteiger charge is -2.23. The molecule has 0 saturated heterocycles. The highest BCUT2D eigenvalue weighted by molar-refractivity contribution is 5.97. The highest BCUT2D eigenvalue weighted by atomic mass is 16.6. The highest BCUT2D eigenvalue weighted by Gasteiger charge is 2.25. The molecule has 7 nitrogen and oxygen atoms in total. The molecule has 0 fully saturated rings. The van der Waals surface area contributed by atoms with Gasteiger partial charge in [-0.3, -0.25) is 9.59 Å². The number of phenols is 1. The lowest BCUT2D eigenvalue weighted by Crippen LogP contribution is -2.49. The number of ketones is 1. The van der Waals surface area contributed by atoms with Gasteiger partial charge in [-0.2, -0.15) is 0 Å². The van der Waals surface area contributed by atoms with Crippen LogP contribution >= 0.6 is 0 Å². The molecule has 0 unspecified atom stereocenters. The topological polar surface area (TPSA) is 105 Å². The molecule has 1 atom stereocenters. The Morgan fingerprint density at radius 1 is 1.18 bits per heavy atom. The molecule has 0 bridgehead atoms. The Labute approximate surface area is 166 Å². The third-order valence-electron chi connectivity index (χ3n) is 3.97. The Morgan fingerprint density at radius 3 is 2.43 bits per heavy atom. The van der Waals surface area contributed by atoms with Gasteiger partial charge in [0.1, 0.15) is 17.4 Å². The zero-order chi connectivity index (χ0) is 21.3. The maximum absolute atomic E-state index is 12.6. The van der Waals surface area contributed by atoms with Gasteiger partial charge < -0.3 is 20.5 Å². The summed E-state index contributed by atoms with van der Waals surface area (Å²) >= 11 is 0. The summed E-state index contributed by atoms with van der Waals surface area (Å²) in [5.41, 5.74) is 0.136. The lowest BCUT2D eigenvalue weighted by atomic mass is 10.0. The number of carbonyl (C=O) groups is 3. The largest absolute Gasteiger partial charge is 0.507 e. The second kappa shape index (κ2) is 10.7. The number of hydrogen-bond donors (Lipinski definition) is 3. The Bertz CT molecular complexity index is 695. The van der Waals surface area contributed by atoms with Gasteiger partial charge in [-0.1, -0.05) is 25.8 Å². The van der Waals surface area contributed by atoms with E-state index in [-0.39, 0.29) is 29.4 Å². The highest BCUT2D eigenvalue weighted by Crippen LogP contribution is 2.20. The van der Waals surface area contributed by atoms with Crippen molar-refractivity contribution in [3.63, 3.8) is 0 Å². The first-order valence-electron chi connectivity index (χ1n) is 9.63. The molecule has 1 aromatic rings. The fraction of sp³-hybridized carbons (Fsp3) is 0.571. The minimum Gasteiger partial charge on any atom is -0.507 e. The summed E-state index contributed by atoms with van der Waals surface area (Å²) in [7, 11) is 0. The van der Waals surface area contributed by atoms with Gasteiger partial charge in [0.2, 0.25) is 5.91 Å². The average molecular weight is 392 g/mol. The molecule has 7 heteroatoms. The first-order chi connectivity index (χ1) is 13.0. The summed E-state index contributed by atoms with van der Waals surface area (Å²) in [6.45, 7) is 9.18. The molecular weight excluding hydrogens is 360 g/mol. The zero-order valence-corrected chi connectivity index (χ0v) is 17.4. The second-order valence-electron chi connectivity index (χ2n) is 7.81. The van der Waals surface area contributed by atoms with Crippen LogP contribution in [-0.4, -0.2) is 41.1 Å². The van der Waals surface area contributed by atoms with E-state index in [0.29, 0.717) is 12.1 Å². The number of hydrogen-bond acceptors (Lipinski definition) is 5. The molecule has 0 saturated carbocycles. The fourth-order valence-corrected chi connectivity index (χ4v) is 2.60. The molecule has 3 N–H and O–H groups in total. The van der Waals surface area contributed by atoms with Crippen LogP contribution in [0.3, 0.4) is 0 Å². The van der Waals surface area contributed by atoms with Gasteiger partial charge in [-0.25, -0.2) is 4.79 Å². The minimum absolute atomic E-state index is 0.114. The number of phenolic OH excluding ortho intramolecular Hbond substituents is 1. The van der Waals surface area contributed by atoms with Crippen LogP contribution in [0.1, 0.15) is 69.8 Å². The first-order valence-corrected chi connectivity index (χ1v) is 9.63. The van der Waals surface area contributed by atoms with Gasteiger partial charge in [0.15, 0.2) is 5.78 Å². The molecule has 156 valence electrons. The summed E-state index contributed by atoms with van der Waals surface area (Å²) in [4.78, 5) is 36.4. The van der Waals surface area contributed by atoms with E-state index in [2.05, 4.69) is 17.6 Å². The Hall–Kier alpha value is -2.57. The van der Waals surface area contributed by atoms with Crippen molar-refractivity contribution in [2.75, 3.05) is 6.54 Å². The third-order valence-corrected chi connectivity index (χ3v) is 3.97. The first kappa shape index (κ1) is 23.5. The summed E-state index contributed by atoms with van der Waals surface area (Å²) in [6, 6.07) is 3.71. The van der Waals surface area contributed by atoms with Crippen molar-refractivity contribution in [2.24, 2.45) is 0 Å². The quantitative estimate of drug-likeness (QED) is 0.442. The molecule has 28 heavy (non-hydrogen) atoms. The van der Waals surface area contributed by atoms with Gasteiger partial charge in [0.25, 0.3) is 0 Å². The molecule has 0 aliphatic carbocycles. The smallest absolute Gasteiger partial charge is 0.408 e. The average Bonchev–Trinajstić information content (AvgIpc) is 2.57. The zero-order valence-electron chi connectivity index (χ0n) is 17.4. The van der Waals surface area contributed by atoms with Crippen LogP contribution in [0.5, 0.6) is 5.75 Å². The number of benzene rings is 1. The van der Waals surface area contributed by atoms with E-state index in [4.69, 9.17) is 4.74 Å². The van der Waals surface area contributed by atoms with E-state index in [9.17, 15) is 19.5 Å². The van der Waals surface area contributed by atoms with Crippen LogP contribution in [0.2, 0.25) is 0 Å². The third kappa shape index (κ3) is 8.41. The van der Waals surface area contributed by atoms with Gasteiger partial charge in [0.05, 0.1) is 5.56 Å². The number of amides is 2. The summed E-state index contributed by atoms with van der Waals surface area (Å²) in [5.74, 6) is -0.712. The molecule has 0 radical (unpaired) electrons. The molecule has 0 aromatic heterocycles. The molecule has 1 rings (SSSR count). The van der Waals surface area contributed by atoms with E-state index >= 15 is 0 Å². The van der Waals surface area contributed by atoms with Crippen molar-refractivity contribution >= 4 is 17.8 Å². The summed E-state index contributed by atoms with van der Waals surface area (Å²) < 4.78 is 5.26. The van der Waals surface area contributed by atoms with Crippen molar-refractivity contribution < 1.29 is 24.2 Å². The molecule has 1 aromatic carbocycles. The van der Waals surface area contributed by atoms with Crippen molar-refractivity contribution in [1.29, 1.82) is 0 Å². The number of alkyl carbamates (subject to hydrolysis) is 1. The second-order valence-corrected chi connectivity index (χ2v) is 7.81. The predicted molar refractivity (Wildman–Crippen MR) is 108 cm³/mol. The van der Waals surface area contributed by atoms with Crippen molar-refractivity contribution in [3.05, 3.63) is 29.3 Å². The van der Waals surface area contributed by atoms with E-state index in [1.807, 2.05) is 0 Å². The summed E-state index contributed by atoms with van der Waals surface area (Å²) in [6.07, 6.45) is 2.38. The normalized spacial score (nSPS) is 12.2. The Balaban J connectivity index is 2.93. The van der Waals surface area contributed by atoms with Crippen molar-refractivity contribution in [2.45, 2.75) is 71.9 Å². The van der Waals surface area contributed by atoms with E-state index in [1.165, 1.54) is 19.1 Å². The number of Topliss-reactive ketones (excluding diaryl/α,β-unsaturated/α-hetero) is 1. The molecule has 2 amide bonds. The monoisotopic (exact) mass is 392 g/mol. The number of aromatic hydroxyl groups is 1. The van der Waals surface area contributed by atoms with Gasteiger partial charge in [0, 0.05) is 13.0 Å².